The van der Waals surface area contributed by atoms with E-state index in [1.165, 1.54) is 4.68 Å². The van der Waals surface area contributed by atoms with Gasteiger partial charge in [0.2, 0.25) is 5.88 Å². The average Bonchev–Trinajstić information content (AvgIpc) is 3.19. The molecule has 2 aromatic carbocycles. The number of pyridine rings is 1. The van der Waals surface area contributed by atoms with Gasteiger partial charge in [-0.15, -0.1) is 0 Å². The van der Waals surface area contributed by atoms with Gasteiger partial charge >= 0.3 is 5.69 Å². The maximum absolute atomic E-state index is 11.9. The lowest BCUT2D eigenvalue weighted by molar-refractivity contribution is 0.290. The number of benzene rings is 2. The Bertz CT molecular complexity index is 1320. The summed E-state index contributed by atoms with van der Waals surface area (Å²) in [7, 11) is 0. The van der Waals surface area contributed by atoms with Crippen molar-refractivity contribution in [3.8, 4) is 28.8 Å². The predicted octanol–water partition coefficient (Wildman–Crippen LogP) is 3.09. The fourth-order valence-electron chi connectivity index (χ4n) is 3.21. The van der Waals surface area contributed by atoms with Crippen LogP contribution in [0.25, 0.3) is 16.8 Å². The van der Waals surface area contributed by atoms with Crippen molar-refractivity contribution in [1.82, 2.24) is 25.2 Å². The quantitative estimate of drug-likeness (QED) is 0.553. The summed E-state index contributed by atoms with van der Waals surface area (Å²) in [5.74, 6) is 0.497. The highest BCUT2D eigenvalue weighted by molar-refractivity contribution is 5.65. The fraction of sp³-hybridized carbons (Fsp3) is 0.136. The molecule has 8 nitrogen and oxygen atoms in total. The summed E-state index contributed by atoms with van der Waals surface area (Å²) in [6.45, 7) is 4.08. The molecule has 0 aliphatic carbocycles. The normalized spacial score (nSPS) is 10.6. The monoisotopic (exact) mass is 398 g/mol. The molecule has 0 aliphatic rings. The van der Waals surface area contributed by atoms with Crippen molar-refractivity contribution >= 4 is 0 Å². The van der Waals surface area contributed by atoms with E-state index < -0.39 is 5.69 Å². The lowest BCUT2D eigenvalue weighted by Crippen LogP contribution is -2.18. The first-order valence-electron chi connectivity index (χ1n) is 9.26. The topological polar surface area (TPSA) is 109 Å². The smallest absolute Gasteiger partial charge is 0.365 e. The van der Waals surface area contributed by atoms with Gasteiger partial charge in [-0.1, -0.05) is 24.3 Å². The Balaban J connectivity index is 1.60. The fourth-order valence-corrected chi connectivity index (χ4v) is 3.21. The highest BCUT2D eigenvalue weighted by Gasteiger charge is 2.13. The predicted molar refractivity (Wildman–Crippen MR) is 110 cm³/mol. The molecule has 2 heterocycles. The standard InChI is InChI=1S/C22H18N6O2/c1-14-5-3-8-20(28-22(29)25-26-27-28)19(14)13-30-21-15(2)9-18(12-24-21)17-7-4-6-16(10-17)11-23/h3-10,12H,13H2,1-2H3,(H,25,27,29). The first-order chi connectivity index (χ1) is 14.6. The Kier molecular flexibility index (Phi) is 5.09. The lowest BCUT2D eigenvalue weighted by Gasteiger charge is -2.14. The third-order valence-corrected chi connectivity index (χ3v) is 4.79. The van der Waals surface area contributed by atoms with Crippen LogP contribution < -0.4 is 10.4 Å². The average molecular weight is 398 g/mol. The van der Waals surface area contributed by atoms with Crippen molar-refractivity contribution in [3.63, 3.8) is 0 Å². The molecule has 0 bridgehead atoms. The molecule has 8 heteroatoms. The maximum Gasteiger partial charge on any atom is 0.365 e. The molecule has 30 heavy (non-hydrogen) atoms. The van der Waals surface area contributed by atoms with E-state index in [1.54, 1.807) is 18.3 Å². The second kappa shape index (κ2) is 8.01. The van der Waals surface area contributed by atoms with Crippen LogP contribution in [0.5, 0.6) is 5.88 Å². The number of nitriles is 1. The number of rotatable bonds is 5. The maximum atomic E-state index is 11.9. The van der Waals surface area contributed by atoms with E-state index in [-0.39, 0.29) is 6.61 Å². The number of hydrogen-bond acceptors (Lipinski definition) is 6. The number of nitrogens with zero attached hydrogens (tertiary/aromatic N) is 5. The molecule has 0 unspecified atom stereocenters. The molecule has 0 fully saturated rings. The van der Waals surface area contributed by atoms with Gasteiger partial charge in [0.15, 0.2) is 0 Å². The molecule has 0 aliphatic heterocycles. The van der Waals surface area contributed by atoms with E-state index in [0.717, 1.165) is 27.8 Å². The van der Waals surface area contributed by atoms with Crippen LogP contribution >= 0.6 is 0 Å². The minimum atomic E-state index is -0.417. The van der Waals surface area contributed by atoms with E-state index in [9.17, 15) is 4.79 Å². The molecule has 0 spiro atoms. The van der Waals surface area contributed by atoms with Crippen LogP contribution in [0.1, 0.15) is 22.3 Å². The molecule has 0 radical (unpaired) electrons. The van der Waals surface area contributed by atoms with Gasteiger partial charge in [-0.25, -0.2) is 14.9 Å². The third kappa shape index (κ3) is 3.69. The zero-order chi connectivity index (χ0) is 21.1. The summed E-state index contributed by atoms with van der Waals surface area (Å²) in [5, 5.41) is 18.8. The van der Waals surface area contributed by atoms with Gasteiger partial charge in [0.05, 0.1) is 17.3 Å². The largest absolute Gasteiger partial charge is 0.473 e. The van der Waals surface area contributed by atoms with Crippen molar-refractivity contribution in [1.29, 1.82) is 5.26 Å². The molecular formula is C22H18N6O2. The van der Waals surface area contributed by atoms with Gasteiger partial charge < -0.3 is 4.74 Å². The zero-order valence-corrected chi connectivity index (χ0v) is 16.5. The van der Waals surface area contributed by atoms with E-state index >= 15 is 0 Å². The number of aryl methyl sites for hydroxylation is 2. The zero-order valence-electron chi connectivity index (χ0n) is 16.5. The molecule has 2 aromatic heterocycles. The minimum Gasteiger partial charge on any atom is -0.473 e. The van der Waals surface area contributed by atoms with E-state index in [0.29, 0.717) is 17.1 Å². The number of ether oxygens (including phenoxy) is 1. The van der Waals surface area contributed by atoms with Crippen molar-refractivity contribution in [2.24, 2.45) is 0 Å². The molecule has 4 rings (SSSR count). The molecule has 0 saturated heterocycles. The minimum absolute atomic E-state index is 0.221. The van der Waals surface area contributed by atoms with Crippen LogP contribution in [0.2, 0.25) is 0 Å². The Labute approximate surface area is 172 Å². The first-order valence-corrected chi connectivity index (χ1v) is 9.26. The number of nitrogens with one attached hydrogen (secondary N) is 1. The van der Waals surface area contributed by atoms with Gasteiger partial charge in [0.1, 0.15) is 6.61 Å². The highest BCUT2D eigenvalue weighted by atomic mass is 16.5. The van der Waals surface area contributed by atoms with Crippen molar-refractivity contribution in [3.05, 3.63) is 87.5 Å². The molecule has 0 amide bonds. The Morgan fingerprint density at radius 3 is 2.67 bits per heavy atom. The Morgan fingerprint density at radius 2 is 1.93 bits per heavy atom. The van der Waals surface area contributed by atoms with Gasteiger partial charge in [-0.3, -0.25) is 0 Å². The van der Waals surface area contributed by atoms with E-state index in [2.05, 4.69) is 26.6 Å². The number of tetrazole rings is 1. The van der Waals surface area contributed by atoms with Gasteiger partial charge in [0.25, 0.3) is 0 Å². The lowest BCUT2D eigenvalue weighted by atomic mass is 10.0. The summed E-state index contributed by atoms with van der Waals surface area (Å²) in [5.41, 5.74) is 5.26. The number of hydrogen-bond donors (Lipinski definition) is 1. The van der Waals surface area contributed by atoms with Gasteiger partial charge in [0, 0.05) is 22.9 Å². The van der Waals surface area contributed by atoms with Crippen molar-refractivity contribution in [2.45, 2.75) is 20.5 Å². The van der Waals surface area contributed by atoms with Crippen LogP contribution in [0.15, 0.2) is 59.5 Å². The molecule has 0 atom stereocenters. The Morgan fingerprint density at radius 1 is 1.10 bits per heavy atom. The molecular weight excluding hydrogens is 380 g/mol. The van der Waals surface area contributed by atoms with E-state index in [1.807, 2.05) is 50.2 Å². The second-order valence-corrected chi connectivity index (χ2v) is 6.82. The summed E-state index contributed by atoms with van der Waals surface area (Å²) < 4.78 is 7.19. The SMILES string of the molecule is Cc1cc(-c2cccc(C#N)c2)cnc1OCc1c(C)cccc1-n1nn[nH]c1=O. The van der Waals surface area contributed by atoms with Crippen molar-refractivity contribution in [2.75, 3.05) is 0 Å². The summed E-state index contributed by atoms with van der Waals surface area (Å²) >= 11 is 0. The van der Waals surface area contributed by atoms with Crippen LogP contribution in [0.3, 0.4) is 0 Å². The third-order valence-electron chi connectivity index (χ3n) is 4.79. The van der Waals surface area contributed by atoms with Crippen LogP contribution in [0, 0.1) is 25.2 Å². The number of aromatic nitrogens is 5. The molecule has 1 N–H and O–H groups in total. The van der Waals surface area contributed by atoms with Crippen LogP contribution in [-0.4, -0.2) is 25.2 Å². The number of H-pyrrole nitrogens is 1. The van der Waals surface area contributed by atoms with Gasteiger partial charge in [-0.05, 0) is 59.7 Å². The number of aromatic amines is 1. The van der Waals surface area contributed by atoms with Crippen LogP contribution in [-0.2, 0) is 6.61 Å². The summed E-state index contributed by atoms with van der Waals surface area (Å²) in [6.07, 6.45) is 1.72. The van der Waals surface area contributed by atoms with Crippen molar-refractivity contribution < 1.29 is 4.74 Å². The highest BCUT2D eigenvalue weighted by Crippen LogP contribution is 2.26. The summed E-state index contributed by atoms with van der Waals surface area (Å²) in [6, 6.07) is 17.1. The second-order valence-electron chi connectivity index (χ2n) is 6.82. The molecule has 0 saturated carbocycles. The van der Waals surface area contributed by atoms with Crippen LogP contribution in [0.4, 0.5) is 0 Å². The molecule has 148 valence electrons. The summed E-state index contributed by atoms with van der Waals surface area (Å²) in [4.78, 5) is 16.4. The first kappa shape index (κ1) is 19.1. The van der Waals surface area contributed by atoms with E-state index in [4.69, 9.17) is 10.00 Å². The Hall–Kier alpha value is -4.25. The molecule has 4 aromatic rings. The van der Waals surface area contributed by atoms with Gasteiger partial charge in [-0.2, -0.15) is 9.94 Å².